The zero-order valence-electron chi connectivity index (χ0n) is 15.3. The Labute approximate surface area is 152 Å². The van der Waals surface area contributed by atoms with Crippen LogP contribution in [0.4, 0.5) is 16.2 Å². The molecule has 1 atom stereocenters. The Kier molecular flexibility index (Phi) is 7.98. The number of nitro groups is 1. The van der Waals surface area contributed by atoms with Gasteiger partial charge in [-0.1, -0.05) is 0 Å². The minimum Gasteiger partial charge on any atom is -0.444 e. The van der Waals surface area contributed by atoms with E-state index in [9.17, 15) is 19.7 Å². The van der Waals surface area contributed by atoms with Gasteiger partial charge in [0.2, 0.25) is 5.91 Å². The van der Waals surface area contributed by atoms with Gasteiger partial charge in [0.05, 0.1) is 11.0 Å². The van der Waals surface area contributed by atoms with Crippen LogP contribution < -0.4 is 16.4 Å². The summed E-state index contributed by atoms with van der Waals surface area (Å²) >= 11 is 0. The maximum Gasteiger partial charge on any atom is 0.407 e. The quantitative estimate of drug-likeness (QED) is 0.367. The summed E-state index contributed by atoms with van der Waals surface area (Å²) in [5, 5.41) is 15.8. The normalized spacial score (nSPS) is 12.2. The fourth-order valence-corrected chi connectivity index (χ4v) is 2.03. The SMILES string of the molecule is CC(C)(C)OC(=O)NCCCCC(N)C(=O)Nc1ccc([N+](=O)[O-])cc1. The molecule has 1 rings (SSSR count). The number of nitrogens with one attached hydrogen (secondary N) is 2. The predicted molar refractivity (Wildman–Crippen MR) is 97.8 cm³/mol. The third kappa shape index (κ3) is 8.43. The van der Waals surface area contributed by atoms with Crippen molar-refractivity contribution in [2.45, 2.75) is 51.7 Å². The molecule has 9 nitrogen and oxygen atoms in total. The van der Waals surface area contributed by atoms with Crippen molar-refractivity contribution in [2.75, 3.05) is 11.9 Å². The fraction of sp³-hybridized carbons (Fsp3) is 0.529. The summed E-state index contributed by atoms with van der Waals surface area (Å²) < 4.78 is 5.11. The average Bonchev–Trinajstić information content (AvgIpc) is 2.53. The molecule has 144 valence electrons. The van der Waals surface area contributed by atoms with Crippen molar-refractivity contribution in [1.82, 2.24) is 5.32 Å². The molecule has 0 heterocycles. The molecule has 0 spiro atoms. The fourth-order valence-electron chi connectivity index (χ4n) is 2.03. The third-order valence-electron chi connectivity index (χ3n) is 3.29. The zero-order chi connectivity index (χ0) is 19.7. The van der Waals surface area contributed by atoms with E-state index < -0.39 is 22.7 Å². The minimum absolute atomic E-state index is 0.0511. The molecule has 1 aromatic carbocycles. The van der Waals surface area contributed by atoms with Crippen LogP contribution in [0.25, 0.3) is 0 Å². The number of hydrogen-bond donors (Lipinski definition) is 3. The largest absolute Gasteiger partial charge is 0.444 e. The summed E-state index contributed by atoms with van der Waals surface area (Å²) in [4.78, 5) is 33.5. The maximum absolute atomic E-state index is 12.0. The Morgan fingerprint density at radius 3 is 2.38 bits per heavy atom. The molecule has 9 heteroatoms. The lowest BCUT2D eigenvalue weighted by Crippen LogP contribution is -2.36. The van der Waals surface area contributed by atoms with Crippen LogP contribution in [-0.4, -0.2) is 35.1 Å². The highest BCUT2D eigenvalue weighted by Gasteiger charge is 2.16. The summed E-state index contributed by atoms with van der Waals surface area (Å²) in [5.74, 6) is -0.362. The molecule has 0 fully saturated rings. The van der Waals surface area contributed by atoms with Gasteiger partial charge in [-0.25, -0.2) is 4.79 Å². The molecular formula is C17H26N4O5. The van der Waals surface area contributed by atoms with Gasteiger partial charge in [0.1, 0.15) is 5.60 Å². The Morgan fingerprint density at radius 1 is 1.23 bits per heavy atom. The summed E-state index contributed by atoms with van der Waals surface area (Å²) in [6.45, 7) is 5.80. The van der Waals surface area contributed by atoms with E-state index in [1.165, 1.54) is 24.3 Å². The van der Waals surface area contributed by atoms with Crippen molar-refractivity contribution in [3.63, 3.8) is 0 Å². The first-order chi connectivity index (χ1) is 12.1. The summed E-state index contributed by atoms with van der Waals surface area (Å²) in [6, 6.07) is 4.82. The van der Waals surface area contributed by atoms with Crippen molar-refractivity contribution in [2.24, 2.45) is 5.73 Å². The Balaban J connectivity index is 2.26. The molecule has 4 N–H and O–H groups in total. The second kappa shape index (κ2) is 9.71. The first-order valence-electron chi connectivity index (χ1n) is 8.36. The molecule has 0 aliphatic carbocycles. The number of alkyl carbamates (subject to hydrolysis) is 1. The molecule has 0 bridgehead atoms. The smallest absolute Gasteiger partial charge is 0.407 e. The molecule has 0 saturated carbocycles. The van der Waals surface area contributed by atoms with E-state index in [0.717, 1.165) is 0 Å². The number of nitro benzene ring substituents is 1. The van der Waals surface area contributed by atoms with Crippen molar-refractivity contribution < 1.29 is 19.2 Å². The second-order valence-corrected chi connectivity index (χ2v) is 6.82. The lowest BCUT2D eigenvalue weighted by molar-refractivity contribution is -0.384. The van der Waals surface area contributed by atoms with Crippen molar-refractivity contribution in [3.8, 4) is 0 Å². The first-order valence-corrected chi connectivity index (χ1v) is 8.36. The van der Waals surface area contributed by atoms with Crippen LogP contribution in [0.1, 0.15) is 40.0 Å². The molecule has 2 amide bonds. The molecule has 0 saturated heterocycles. The highest BCUT2D eigenvalue weighted by atomic mass is 16.6. The lowest BCUT2D eigenvalue weighted by Gasteiger charge is -2.19. The predicted octanol–water partition coefficient (Wildman–Crippen LogP) is 2.56. The number of benzene rings is 1. The maximum atomic E-state index is 12.0. The molecule has 0 radical (unpaired) electrons. The van der Waals surface area contributed by atoms with Gasteiger partial charge in [-0.3, -0.25) is 14.9 Å². The second-order valence-electron chi connectivity index (χ2n) is 6.82. The molecular weight excluding hydrogens is 340 g/mol. The van der Waals surface area contributed by atoms with Crippen LogP contribution >= 0.6 is 0 Å². The van der Waals surface area contributed by atoms with Crippen molar-refractivity contribution in [1.29, 1.82) is 0 Å². The van der Waals surface area contributed by atoms with Crippen LogP contribution in [-0.2, 0) is 9.53 Å². The van der Waals surface area contributed by atoms with Crippen molar-refractivity contribution >= 4 is 23.4 Å². The first kappa shape index (κ1) is 21.4. The van der Waals surface area contributed by atoms with Gasteiger partial charge in [0, 0.05) is 24.4 Å². The highest BCUT2D eigenvalue weighted by Crippen LogP contribution is 2.15. The number of nitrogens with zero attached hydrogens (tertiary/aromatic N) is 1. The van der Waals surface area contributed by atoms with Gasteiger partial charge in [-0.05, 0) is 52.2 Å². The van der Waals surface area contributed by atoms with Crippen LogP contribution in [0, 0.1) is 10.1 Å². The van der Waals surface area contributed by atoms with Crippen LogP contribution in [0.2, 0.25) is 0 Å². The number of carbonyl (C=O) groups excluding carboxylic acids is 2. The molecule has 1 unspecified atom stereocenters. The summed E-state index contributed by atoms with van der Waals surface area (Å²) in [7, 11) is 0. The summed E-state index contributed by atoms with van der Waals surface area (Å²) in [5.41, 5.74) is 5.69. The number of hydrogen-bond acceptors (Lipinski definition) is 6. The van der Waals surface area contributed by atoms with E-state index >= 15 is 0 Å². The van der Waals surface area contributed by atoms with Crippen molar-refractivity contribution in [3.05, 3.63) is 34.4 Å². The number of unbranched alkanes of at least 4 members (excludes halogenated alkanes) is 1. The molecule has 26 heavy (non-hydrogen) atoms. The van der Waals surface area contributed by atoms with Gasteiger partial charge in [0.15, 0.2) is 0 Å². The van der Waals surface area contributed by atoms with E-state index in [1.54, 1.807) is 20.8 Å². The van der Waals surface area contributed by atoms with E-state index in [2.05, 4.69) is 10.6 Å². The van der Waals surface area contributed by atoms with Crippen LogP contribution in [0.5, 0.6) is 0 Å². The Morgan fingerprint density at radius 2 is 1.85 bits per heavy atom. The molecule has 0 aliphatic rings. The average molecular weight is 366 g/mol. The number of carbonyl (C=O) groups is 2. The van der Waals surface area contributed by atoms with Crippen LogP contribution in [0.3, 0.4) is 0 Å². The summed E-state index contributed by atoms with van der Waals surface area (Å²) in [6.07, 6.45) is 1.30. The number of ether oxygens (including phenoxy) is 1. The molecule has 0 aromatic heterocycles. The van der Waals surface area contributed by atoms with Gasteiger partial charge in [-0.15, -0.1) is 0 Å². The zero-order valence-corrected chi connectivity index (χ0v) is 15.3. The standard InChI is InChI=1S/C17H26N4O5/c1-17(2,3)26-16(23)19-11-5-4-6-14(18)15(22)20-12-7-9-13(10-8-12)21(24)25/h7-10,14H,4-6,11,18H2,1-3H3,(H,19,23)(H,20,22). The monoisotopic (exact) mass is 366 g/mol. The molecule has 1 aromatic rings. The van der Waals surface area contributed by atoms with Crippen LogP contribution in [0.15, 0.2) is 24.3 Å². The third-order valence-corrected chi connectivity index (χ3v) is 3.29. The topological polar surface area (TPSA) is 137 Å². The minimum atomic E-state index is -0.702. The van der Waals surface area contributed by atoms with E-state index in [-0.39, 0.29) is 11.6 Å². The molecule has 0 aliphatic heterocycles. The number of amides is 2. The van der Waals surface area contributed by atoms with Gasteiger partial charge in [-0.2, -0.15) is 0 Å². The van der Waals surface area contributed by atoms with Gasteiger partial charge < -0.3 is 21.1 Å². The Hall–Kier alpha value is -2.68. The van der Waals surface area contributed by atoms with Gasteiger partial charge >= 0.3 is 6.09 Å². The lowest BCUT2D eigenvalue weighted by atomic mass is 10.1. The Bertz CT molecular complexity index is 625. The van der Waals surface area contributed by atoms with E-state index in [0.29, 0.717) is 31.5 Å². The van der Waals surface area contributed by atoms with Gasteiger partial charge in [0.25, 0.3) is 5.69 Å². The number of nitrogens with two attached hydrogens (primary N) is 1. The number of non-ortho nitro benzene ring substituents is 1. The van der Waals surface area contributed by atoms with E-state index in [1.807, 2.05) is 0 Å². The number of rotatable bonds is 8. The number of anilines is 1. The van der Waals surface area contributed by atoms with E-state index in [4.69, 9.17) is 10.5 Å². The highest BCUT2D eigenvalue weighted by molar-refractivity contribution is 5.94.